The molecule has 11 heteroatoms. The van der Waals surface area contributed by atoms with Gasteiger partial charge in [0.05, 0.1) is 6.54 Å². The highest BCUT2D eigenvalue weighted by Gasteiger charge is 2.67. The molecule has 36 heavy (non-hydrogen) atoms. The van der Waals surface area contributed by atoms with E-state index in [2.05, 4.69) is 15.5 Å². The Bertz CT molecular complexity index is 1410. The molecule has 2 heterocycles. The van der Waals surface area contributed by atoms with Crippen molar-refractivity contribution in [3.8, 4) is 11.1 Å². The quantitative estimate of drug-likeness (QED) is 0.540. The predicted molar refractivity (Wildman–Crippen MR) is 119 cm³/mol. The molecule has 3 aromatic rings. The molecule has 0 unspecified atom stereocenters. The highest BCUT2D eigenvalue weighted by Crippen LogP contribution is 2.61. The highest BCUT2D eigenvalue weighted by atomic mass is 19.3. The van der Waals surface area contributed by atoms with Crippen LogP contribution >= 0.6 is 0 Å². The SMILES string of the molecule is O=C(NCC(=O)N1[C@H]2C[C@@]2(Cc2ncno2)C[C@H]1C(=O)O)c1ccc2c(c1)-c1ccccc1C2(F)F. The van der Waals surface area contributed by atoms with Crippen LogP contribution in [0, 0.1) is 5.41 Å². The number of fused-ring (bicyclic) bond motifs is 4. The van der Waals surface area contributed by atoms with Gasteiger partial charge in [-0.3, -0.25) is 9.59 Å². The third kappa shape index (κ3) is 3.29. The normalized spacial score (nSPS) is 24.6. The molecule has 0 radical (unpaired) electrons. The zero-order valence-corrected chi connectivity index (χ0v) is 18.8. The van der Waals surface area contributed by atoms with Gasteiger partial charge in [-0.15, -0.1) is 0 Å². The minimum Gasteiger partial charge on any atom is -0.480 e. The molecule has 2 aromatic carbocycles. The summed E-state index contributed by atoms with van der Waals surface area (Å²) in [6.07, 6.45) is 2.51. The Balaban J connectivity index is 1.17. The first-order valence-electron chi connectivity index (χ1n) is 11.4. The molecule has 2 amide bonds. The lowest BCUT2D eigenvalue weighted by Gasteiger charge is -2.24. The van der Waals surface area contributed by atoms with Crippen molar-refractivity contribution < 1.29 is 32.8 Å². The number of rotatable bonds is 6. The van der Waals surface area contributed by atoms with Crippen LogP contribution in [0.25, 0.3) is 11.1 Å². The molecular weight excluding hydrogens is 474 g/mol. The second kappa shape index (κ2) is 7.67. The van der Waals surface area contributed by atoms with E-state index in [-0.39, 0.29) is 34.7 Å². The largest absolute Gasteiger partial charge is 0.480 e. The number of carboxylic acids is 1. The minimum atomic E-state index is -3.16. The zero-order valence-electron chi connectivity index (χ0n) is 18.8. The van der Waals surface area contributed by atoms with Crippen molar-refractivity contribution in [2.24, 2.45) is 5.41 Å². The number of benzene rings is 2. The number of hydrogen-bond acceptors (Lipinski definition) is 6. The number of nitrogens with zero attached hydrogens (tertiary/aromatic N) is 3. The van der Waals surface area contributed by atoms with E-state index < -0.39 is 41.7 Å². The number of halogens is 2. The Morgan fingerprint density at radius 2 is 1.89 bits per heavy atom. The van der Waals surface area contributed by atoms with Gasteiger partial charge in [-0.2, -0.15) is 13.8 Å². The van der Waals surface area contributed by atoms with E-state index in [4.69, 9.17) is 4.52 Å². The fourth-order valence-corrected chi connectivity index (χ4v) is 5.70. The standard InChI is InChI=1S/C25H20F2N4O5/c26-25(27)16-4-2-1-3-14(16)15-7-13(5-6-17(15)25)22(33)28-11-21(32)31-18(23(34)35)8-24(9-19(24)31)10-20-29-12-30-36-20/h1-7,12,18-19H,8-11H2,(H,28,33)(H,34,35)/t18-,19-,24+/m0/s1. The summed E-state index contributed by atoms with van der Waals surface area (Å²) in [5.74, 6) is -5.03. The van der Waals surface area contributed by atoms with Crippen LogP contribution in [0.4, 0.5) is 8.78 Å². The Labute approximate surface area is 203 Å². The summed E-state index contributed by atoms with van der Waals surface area (Å²) in [6, 6.07) is 8.73. The molecule has 0 bridgehead atoms. The molecule has 2 aliphatic carbocycles. The maximum Gasteiger partial charge on any atom is 0.326 e. The third-order valence-electron chi connectivity index (χ3n) is 7.48. The fraction of sp³-hybridized carbons (Fsp3) is 0.320. The number of hydrogen-bond donors (Lipinski definition) is 2. The topological polar surface area (TPSA) is 126 Å². The Kier molecular flexibility index (Phi) is 4.76. The number of amides is 2. The monoisotopic (exact) mass is 494 g/mol. The molecule has 2 N–H and O–H groups in total. The van der Waals surface area contributed by atoms with Crippen LogP contribution < -0.4 is 5.32 Å². The van der Waals surface area contributed by atoms with Gasteiger partial charge in [0.25, 0.3) is 11.8 Å². The van der Waals surface area contributed by atoms with Crippen molar-refractivity contribution in [3.05, 3.63) is 71.4 Å². The lowest BCUT2D eigenvalue weighted by atomic mass is 9.96. The molecule has 9 nitrogen and oxygen atoms in total. The molecule has 0 spiro atoms. The Hall–Kier alpha value is -4.15. The number of alkyl halides is 2. The number of nitrogens with one attached hydrogen (secondary N) is 1. The number of carbonyl (C=O) groups is 3. The van der Waals surface area contributed by atoms with E-state index >= 15 is 0 Å². The fourth-order valence-electron chi connectivity index (χ4n) is 5.70. The van der Waals surface area contributed by atoms with Gasteiger partial charge in [-0.1, -0.05) is 35.5 Å². The number of aromatic nitrogens is 2. The summed E-state index contributed by atoms with van der Waals surface area (Å²) in [6.45, 7) is -0.417. The Morgan fingerprint density at radius 1 is 1.11 bits per heavy atom. The van der Waals surface area contributed by atoms with Gasteiger partial charge < -0.3 is 19.8 Å². The van der Waals surface area contributed by atoms with Crippen molar-refractivity contribution in [2.75, 3.05) is 6.54 Å². The summed E-state index contributed by atoms with van der Waals surface area (Å²) >= 11 is 0. The average molecular weight is 494 g/mol. The van der Waals surface area contributed by atoms with E-state index in [0.29, 0.717) is 24.3 Å². The molecule has 1 saturated carbocycles. The van der Waals surface area contributed by atoms with Gasteiger partial charge in [-0.25, -0.2) is 4.79 Å². The van der Waals surface area contributed by atoms with E-state index in [1.165, 1.54) is 41.6 Å². The van der Waals surface area contributed by atoms with Crippen LogP contribution in [-0.4, -0.2) is 56.6 Å². The van der Waals surface area contributed by atoms with Crippen molar-refractivity contribution in [1.29, 1.82) is 0 Å². The molecule has 184 valence electrons. The molecular formula is C25H20F2N4O5. The van der Waals surface area contributed by atoms with Crippen LogP contribution in [-0.2, 0) is 21.9 Å². The Morgan fingerprint density at radius 3 is 2.64 bits per heavy atom. The lowest BCUT2D eigenvalue weighted by molar-refractivity contribution is -0.149. The number of carboxylic acid groups (broad SMARTS) is 1. The van der Waals surface area contributed by atoms with Crippen molar-refractivity contribution in [2.45, 2.75) is 37.3 Å². The van der Waals surface area contributed by atoms with Crippen molar-refractivity contribution in [3.63, 3.8) is 0 Å². The van der Waals surface area contributed by atoms with E-state index in [1.54, 1.807) is 12.1 Å². The van der Waals surface area contributed by atoms with Gasteiger partial charge in [0.2, 0.25) is 11.8 Å². The molecule has 6 rings (SSSR count). The maximum absolute atomic E-state index is 14.8. The van der Waals surface area contributed by atoms with Crippen molar-refractivity contribution in [1.82, 2.24) is 20.4 Å². The van der Waals surface area contributed by atoms with Gasteiger partial charge in [-0.05, 0) is 36.1 Å². The second-order valence-electron chi connectivity index (χ2n) is 9.52. The van der Waals surface area contributed by atoms with Gasteiger partial charge in [0, 0.05) is 34.6 Å². The van der Waals surface area contributed by atoms with Crippen molar-refractivity contribution >= 4 is 17.8 Å². The van der Waals surface area contributed by atoms with Gasteiger partial charge in [0.15, 0.2) is 6.33 Å². The number of carbonyl (C=O) groups excluding carboxylic acids is 2. The number of likely N-dealkylation sites (tertiary alicyclic amines) is 1. The zero-order chi connectivity index (χ0) is 25.2. The van der Waals surface area contributed by atoms with Crippen LogP contribution in [0.15, 0.2) is 53.3 Å². The first-order chi connectivity index (χ1) is 17.2. The van der Waals surface area contributed by atoms with Crippen LogP contribution in [0.3, 0.4) is 0 Å². The van der Waals surface area contributed by atoms with Gasteiger partial charge in [0.1, 0.15) is 6.04 Å². The van der Waals surface area contributed by atoms with E-state index in [9.17, 15) is 28.3 Å². The van der Waals surface area contributed by atoms with E-state index in [0.717, 1.165) is 0 Å². The van der Waals surface area contributed by atoms with E-state index in [1.807, 2.05) is 0 Å². The second-order valence-corrected chi connectivity index (χ2v) is 9.52. The third-order valence-corrected chi connectivity index (χ3v) is 7.48. The van der Waals surface area contributed by atoms with Crippen LogP contribution in [0.5, 0.6) is 0 Å². The maximum atomic E-state index is 14.8. The molecule has 3 aliphatic rings. The summed E-state index contributed by atoms with van der Waals surface area (Å²) in [5.41, 5.74) is 0.0227. The summed E-state index contributed by atoms with van der Waals surface area (Å²) in [7, 11) is 0. The highest BCUT2D eigenvalue weighted by molar-refractivity contribution is 5.99. The molecule has 2 fully saturated rings. The number of piperidine rings is 1. The molecule has 1 saturated heterocycles. The summed E-state index contributed by atoms with van der Waals surface area (Å²) in [5, 5.41) is 15.8. The molecule has 3 atom stereocenters. The lowest BCUT2D eigenvalue weighted by Crippen LogP contribution is -2.47. The molecule has 1 aromatic heterocycles. The summed E-state index contributed by atoms with van der Waals surface area (Å²) < 4.78 is 34.6. The average Bonchev–Trinajstić information content (AvgIpc) is 3.16. The summed E-state index contributed by atoms with van der Waals surface area (Å²) in [4.78, 5) is 43.0. The molecule has 1 aliphatic heterocycles. The first kappa shape index (κ1) is 22.3. The predicted octanol–water partition coefficient (Wildman–Crippen LogP) is 2.61. The number of aliphatic carboxylic acids is 1. The van der Waals surface area contributed by atoms with Crippen LogP contribution in [0.2, 0.25) is 0 Å². The van der Waals surface area contributed by atoms with Gasteiger partial charge >= 0.3 is 5.97 Å². The first-order valence-corrected chi connectivity index (χ1v) is 11.4. The smallest absolute Gasteiger partial charge is 0.326 e. The minimum absolute atomic E-state index is 0.116. The van der Waals surface area contributed by atoms with Crippen LogP contribution in [0.1, 0.15) is 40.2 Å².